The summed E-state index contributed by atoms with van der Waals surface area (Å²) in [6.45, 7) is 0. The van der Waals surface area contributed by atoms with Gasteiger partial charge in [-0.05, 0) is 0 Å². The molecule has 5 nitrogen and oxygen atoms in total. The third-order valence-corrected chi connectivity index (χ3v) is 1.45. The molecule has 0 fully saturated rings. The van der Waals surface area contributed by atoms with Gasteiger partial charge in [-0.2, -0.15) is 10.2 Å². The topological polar surface area (TPSA) is 68.0 Å². The number of hydrogen-bond acceptors (Lipinski definition) is 5. The van der Waals surface area contributed by atoms with Gasteiger partial charge in [0.25, 0.3) is 0 Å². The van der Waals surface area contributed by atoms with Crippen molar-refractivity contribution in [2.24, 2.45) is 0 Å². The molecule has 1 aromatic rings. The van der Waals surface area contributed by atoms with Crippen molar-refractivity contribution in [3.63, 3.8) is 0 Å². The van der Waals surface area contributed by atoms with E-state index in [1.165, 1.54) is 20.4 Å². The van der Waals surface area contributed by atoms with Crippen molar-refractivity contribution < 1.29 is 9.47 Å². The fourth-order valence-electron chi connectivity index (χ4n) is 0.857. The molecule has 0 aliphatic rings. The van der Waals surface area contributed by atoms with Gasteiger partial charge in [0.05, 0.1) is 26.7 Å². The van der Waals surface area contributed by atoms with Crippen molar-refractivity contribution in [2.75, 3.05) is 14.2 Å². The Hall–Kier alpha value is -1.83. The lowest BCUT2D eigenvalue weighted by atomic mass is 10.2. The Morgan fingerprint density at radius 3 is 2.77 bits per heavy atom. The zero-order chi connectivity index (χ0) is 9.68. The first-order chi connectivity index (χ1) is 6.31. The monoisotopic (exact) mass is 179 g/mol. The van der Waals surface area contributed by atoms with Crippen LogP contribution in [0.1, 0.15) is 5.56 Å². The van der Waals surface area contributed by atoms with Gasteiger partial charge in [0.15, 0.2) is 0 Å². The second-order valence-electron chi connectivity index (χ2n) is 2.23. The molecule has 1 heterocycles. The molecule has 5 heteroatoms. The molecule has 0 N–H and O–H groups in total. The van der Waals surface area contributed by atoms with E-state index in [1.54, 1.807) is 0 Å². The zero-order valence-corrected chi connectivity index (χ0v) is 7.44. The molecule has 68 valence electrons. The van der Waals surface area contributed by atoms with Crippen molar-refractivity contribution in [2.45, 2.75) is 6.42 Å². The molecule has 1 rings (SSSR count). The number of nitrogens with zero attached hydrogens (tertiary/aromatic N) is 3. The van der Waals surface area contributed by atoms with Crippen LogP contribution in [0.15, 0.2) is 6.20 Å². The third-order valence-electron chi connectivity index (χ3n) is 1.45. The van der Waals surface area contributed by atoms with Crippen molar-refractivity contribution in [1.82, 2.24) is 9.97 Å². The second kappa shape index (κ2) is 4.26. The molecular formula is C8H9N3O2. The minimum absolute atomic E-state index is 0.229. The lowest BCUT2D eigenvalue weighted by Gasteiger charge is -2.04. The fraction of sp³-hybridized carbons (Fsp3) is 0.375. The molecule has 0 aliphatic carbocycles. The van der Waals surface area contributed by atoms with Gasteiger partial charge in [-0.1, -0.05) is 0 Å². The fourth-order valence-corrected chi connectivity index (χ4v) is 0.857. The van der Waals surface area contributed by atoms with E-state index < -0.39 is 0 Å². The average Bonchev–Trinajstić information content (AvgIpc) is 2.19. The van der Waals surface area contributed by atoms with E-state index in [0.29, 0.717) is 11.4 Å². The highest BCUT2D eigenvalue weighted by Crippen LogP contribution is 2.16. The van der Waals surface area contributed by atoms with E-state index in [2.05, 4.69) is 9.97 Å². The zero-order valence-electron chi connectivity index (χ0n) is 7.44. The van der Waals surface area contributed by atoms with E-state index in [1.807, 2.05) is 6.07 Å². The van der Waals surface area contributed by atoms with Gasteiger partial charge in [0.1, 0.15) is 0 Å². The van der Waals surface area contributed by atoms with Gasteiger partial charge in [0, 0.05) is 11.8 Å². The molecule has 0 saturated carbocycles. The van der Waals surface area contributed by atoms with E-state index in [-0.39, 0.29) is 12.4 Å². The van der Waals surface area contributed by atoms with Crippen LogP contribution in [0.3, 0.4) is 0 Å². The second-order valence-corrected chi connectivity index (χ2v) is 2.23. The number of nitriles is 1. The van der Waals surface area contributed by atoms with E-state index >= 15 is 0 Å². The number of ether oxygens (including phenoxy) is 2. The summed E-state index contributed by atoms with van der Waals surface area (Å²) in [5, 5.41) is 8.47. The normalized spacial score (nSPS) is 9.00. The molecule has 0 unspecified atom stereocenters. The summed E-state index contributed by atoms with van der Waals surface area (Å²) in [6, 6.07) is 2.23. The van der Waals surface area contributed by atoms with Crippen LogP contribution >= 0.6 is 0 Å². The van der Waals surface area contributed by atoms with E-state index in [4.69, 9.17) is 14.7 Å². The van der Waals surface area contributed by atoms with Crippen LogP contribution in [0.2, 0.25) is 0 Å². The Bertz CT molecular complexity index is 333. The Morgan fingerprint density at radius 1 is 1.46 bits per heavy atom. The molecular weight excluding hydrogens is 170 g/mol. The maximum Gasteiger partial charge on any atom is 0.319 e. The molecule has 0 bridgehead atoms. The molecule has 0 aliphatic heterocycles. The van der Waals surface area contributed by atoms with Crippen molar-refractivity contribution >= 4 is 0 Å². The maximum atomic E-state index is 8.47. The Morgan fingerprint density at radius 2 is 2.23 bits per heavy atom. The van der Waals surface area contributed by atoms with Gasteiger partial charge >= 0.3 is 6.01 Å². The lowest BCUT2D eigenvalue weighted by molar-refractivity contribution is 0.349. The third kappa shape index (κ3) is 2.06. The van der Waals surface area contributed by atoms with Crippen LogP contribution < -0.4 is 9.47 Å². The summed E-state index contributed by atoms with van der Waals surface area (Å²) in [5.41, 5.74) is 0.658. The number of rotatable bonds is 3. The molecule has 0 radical (unpaired) electrons. The van der Waals surface area contributed by atoms with Crippen LogP contribution in [0.5, 0.6) is 11.9 Å². The first kappa shape index (κ1) is 9.26. The summed E-state index contributed by atoms with van der Waals surface area (Å²) >= 11 is 0. The minimum atomic E-state index is 0.229. The van der Waals surface area contributed by atoms with Crippen LogP contribution in [0.4, 0.5) is 0 Å². The minimum Gasteiger partial charge on any atom is -0.481 e. The average molecular weight is 179 g/mol. The highest BCUT2D eigenvalue weighted by Gasteiger charge is 2.06. The Labute approximate surface area is 76.0 Å². The van der Waals surface area contributed by atoms with Gasteiger partial charge < -0.3 is 9.47 Å². The summed E-state index contributed by atoms with van der Waals surface area (Å²) < 4.78 is 9.76. The van der Waals surface area contributed by atoms with Gasteiger partial charge in [0.2, 0.25) is 5.88 Å². The van der Waals surface area contributed by atoms with Gasteiger partial charge in [-0.3, -0.25) is 0 Å². The number of hydrogen-bond donors (Lipinski definition) is 0. The Balaban J connectivity index is 3.02. The largest absolute Gasteiger partial charge is 0.481 e. The highest BCUT2D eigenvalue weighted by molar-refractivity contribution is 5.27. The molecule has 1 aromatic heterocycles. The summed E-state index contributed by atoms with van der Waals surface area (Å²) in [7, 11) is 2.96. The van der Waals surface area contributed by atoms with Crippen LogP contribution in [-0.2, 0) is 6.42 Å². The first-order valence-electron chi connectivity index (χ1n) is 3.62. The number of aromatic nitrogens is 2. The Kier molecular flexibility index (Phi) is 3.03. The van der Waals surface area contributed by atoms with Crippen LogP contribution in [-0.4, -0.2) is 24.2 Å². The summed E-state index contributed by atoms with van der Waals surface area (Å²) in [6.07, 6.45) is 1.75. The van der Waals surface area contributed by atoms with E-state index in [0.717, 1.165) is 0 Å². The summed E-state index contributed by atoms with van der Waals surface area (Å²) in [5.74, 6) is 0.383. The lowest BCUT2D eigenvalue weighted by Crippen LogP contribution is -1.99. The maximum absolute atomic E-state index is 8.47. The molecule has 0 amide bonds. The van der Waals surface area contributed by atoms with Gasteiger partial charge in [-0.15, -0.1) is 0 Å². The van der Waals surface area contributed by atoms with Crippen molar-refractivity contribution in [1.29, 1.82) is 5.26 Å². The molecule has 0 saturated heterocycles. The summed E-state index contributed by atoms with van der Waals surface area (Å²) in [4.78, 5) is 7.78. The highest BCUT2D eigenvalue weighted by atomic mass is 16.5. The van der Waals surface area contributed by atoms with E-state index in [9.17, 15) is 0 Å². The molecule has 13 heavy (non-hydrogen) atoms. The standard InChI is InChI=1S/C8H9N3O2/c1-12-7-6(3-4-9)5-10-8(11-7)13-2/h5H,3H2,1-2H3. The van der Waals surface area contributed by atoms with Crippen LogP contribution in [0, 0.1) is 11.3 Å². The predicted molar refractivity (Wildman–Crippen MR) is 44.5 cm³/mol. The first-order valence-corrected chi connectivity index (χ1v) is 3.62. The van der Waals surface area contributed by atoms with Crippen LogP contribution in [0.25, 0.3) is 0 Å². The number of methoxy groups -OCH3 is 2. The SMILES string of the molecule is COc1ncc(CC#N)c(OC)n1. The smallest absolute Gasteiger partial charge is 0.319 e. The van der Waals surface area contributed by atoms with Gasteiger partial charge in [-0.25, -0.2) is 4.98 Å². The molecule has 0 spiro atoms. The molecule has 0 aromatic carbocycles. The quantitative estimate of drug-likeness (QED) is 0.678. The molecule has 0 atom stereocenters. The predicted octanol–water partition coefficient (Wildman–Crippen LogP) is 0.560. The van der Waals surface area contributed by atoms with Crippen molar-refractivity contribution in [3.05, 3.63) is 11.8 Å². The van der Waals surface area contributed by atoms with Crippen molar-refractivity contribution in [3.8, 4) is 18.0 Å².